The molecule has 0 bridgehead atoms. The molecule has 1 aromatic carbocycles. The minimum atomic E-state index is -0.866. The maximum atomic E-state index is 13.2. The monoisotopic (exact) mass is 243 g/mol. The number of esters is 1. The summed E-state index contributed by atoms with van der Waals surface area (Å²) in [7, 11) is 0. The number of ether oxygens (including phenoxy) is 1. The Labute approximate surface area is 98.8 Å². The summed E-state index contributed by atoms with van der Waals surface area (Å²) in [5, 5.41) is 2.85. The van der Waals surface area contributed by atoms with Crippen LogP contribution in [0.4, 0.5) is 8.78 Å². The van der Waals surface area contributed by atoms with E-state index >= 15 is 0 Å². The van der Waals surface area contributed by atoms with E-state index in [2.05, 4.69) is 5.32 Å². The quantitative estimate of drug-likeness (QED) is 0.613. The van der Waals surface area contributed by atoms with Gasteiger partial charge in [0.05, 0.1) is 13.0 Å². The summed E-state index contributed by atoms with van der Waals surface area (Å²) < 4.78 is 30.8. The summed E-state index contributed by atoms with van der Waals surface area (Å²) >= 11 is 0. The van der Waals surface area contributed by atoms with Crippen LogP contribution in [-0.4, -0.2) is 19.1 Å². The Kier molecular flexibility index (Phi) is 5.56. The highest BCUT2D eigenvalue weighted by Crippen LogP contribution is 2.10. The van der Waals surface area contributed by atoms with Gasteiger partial charge >= 0.3 is 5.97 Å². The lowest BCUT2D eigenvalue weighted by Crippen LogP contribution is -2.19. The molecule has 0 aliphatic rings. The van der Waals surface area contributed by atoms with E-state index in [0.717, 1.165) is 6.07 Å². The van der Waals surface area contributed by atoms with E-state index in [0.29, 0.717) is 13.2 Å². The number of benzene rings is 1. The van der Waals surface area contributed by atoms with E-state index in [-0.39, 0.29) is 24.5 Å². The third-order valence-corrected chi connectivity index (χ3v) is 2.16. The molecule has 17 heavy (non-hydrogen) atoms. The SMILES string of the molecule is CCOC(=O)CCNCc1cccc(F)c1F. The molecule has 94 valence electrons. The smallest absolute Gasteiger partial charge is 0.307 e. The molecule has 3 nitrogen and oxygen atoms in total. The first-order valence-corrected chi connectivity index (χ1v) is 5.44. The molecule has 0 spiro atoms. The maximum Gasteiger partial charge on any atom is 0.307 e. The van der Waals surface area contributed by atoms with Crippen LogP contribution in [0.25, 0.3) is 0 Å². The summed E-state index contributed by atoms with van der Waals surface area (Å²) in [6, 6.07) is 4.01. The fourth-order valence-corrected chi connectivity index (χ4v) is 1.33. The highest BCUT2D eigenvalue weighted by Gasteiger charge is 2.07. The highest BCUT2D eigenvalue weighted by molar-refractivity contribution is 5.69. The van der Waals surface area contributed by atoms with Crippen molar-refractivity contribution in [2.24, 2.45) is 0 Å². The van der Waals surface area contributed by atoms with Gasteiger partial charge in [-0.05, 0) is 13.0 Å². The summed E-state index contributed by atoms with van der Waals surface area (Å²) in [4.78, 5) is 11.0. The lowest BCUT2D eigenvalue weighted by Gasteiger charge is -2.06. The van der Waals surface area contributed by atoms with Gasteiger partial charge in [0.2, 0.25) is 0 Å². The molecule has 0 saturated heterocycles. The van der Waals surface area contributed by atoms with Crippen molar-refractivity contribution in [2.45, 2.75) is 19.9 Å². The molecule has 0 atom stereocenters. The van der Waals surface area contributed by atoms with Gasteiger partial charge in [-0.2, -0.15) is 0 Å². The average Bonchev–Trinajstić information content (AvgIpc) is 2.30. The zero-order valence-corrected chi connectivity index (χ0v) is 9.63. The minimum Gasteiger partial charge on any atom is -0.466 e. The first-order chi connectivity index (χ1) is 8.15. The Balaban J connectivity index is 2.31. The molecule has 0 amide bonds. The summed E-state index contributed by atoms with van der Waals surface area (Å²) in [6.07, 6.45) is 0.213. The topological polar surface area (TPSA) is 38.3 Å². The molecule has 5 heteroatoms. The molecule has 0 aromatic heterocycles. The zero-order chi connectivity index (χ0) is 12.7. The van der Waals surface area contributed by atoms with Crippen LogP contribution in [0.15, 0.2) is 18.2 Å². The number of hydrogen-bond donors (Lipinski definition) is 1. The fraction of sp³-hybridized carbons (Fsp3) is 0.417. The summed E-state index contributed by atoms with van der Waals surface area (Å²) in [5.41, 5.74) is 0.244. The first-order valence-electron chi connectivity index (χ1n) is 5.44. The molecule has 0 saturated carbocycles. The van der Waals surface area contributed by atoms with E-state index in [4.69, 9.17) is 4.74 Å². The second kappa shape index (κ2) is 6.96. The average molecular weight is 243 g/mol. The van der Waals surface area contributed by atoms with Crippen molar-refractivity contribution in [3.63, 3.8) is 0 Å². The van der Waals surface area contributed by atoms with Crippen LogP contribution in [0.1, 0.15) is 18.9 Å². The van der Waals surface area contributed by atoms with E-state index in [9.17, 15) is 13.6 Å². The minimum absolute atomic E-state index is 0.184. The van der Waals surface area contributed by atoms with Crippen LogP contribution in [0.3, 0.4) is 0 Å². The Morgan fingerprint density at radius 3 is 2.88 bits per heavy atom. The molecule has 0 aliphatic heterocycles. The van der Waals surface area contributed by atoms with Gasteiger partial charge in [-0.25, -0.2) is 8.78 Å². The van der Waals surface area contributed by atoms with Crippen LogP contribution >= 0.6 is 0 Å². The van der Waals surface area contributed by atoms with Crippen molar-refractivity contribution in [3.8, 4) is 0 Å². The van der Waals surface area contributed by atoms with Gasteiger partial charge in [-0.1, -0.05) is 12.1 Å². The number of rotatable bonds is 6. The summed E-state index contributed by atoms with van der Waals surface area (Å²) in [6.45, 7) is 2.63. The van der Waals surface area contributed by atoms with Crippen molar-refractivity contribution in [2.75, 3.05) is 13.2 Å². The van der Waals surface area contributed by atoms with Gasteiger partial charge in [0.1, 0.15) is 0 Å². The number of nitrogens with one attached hydrogen (secondary N) is 1. The third kappa shape index (κ3) is 4.48. The third-order valence-electron chi connectivity index (χ3n) is 2.16. The standard InChI is InChI=1S/C12H15F2NO2/c1-2-17-11(16)6-7-15-8-9-4-3-5-10(13)12(9)14/h3-5,15H,2,6-8H2,1H3. The van der Waals surface area contributed by atoms with Gasteiger partial charge in [0, 0.05) is 18.7 Å². The van der Waals surface area contributed by atoms with Gasteiger partial charge < -0.3 is 10.1 Å². The first kappa shape index (κ1) is 13.6. The van der Waals surface area contributed by atoms with E-state index in [1.807, 2.05) is 0 Å². The van der Waals surface area contributed by atoms with E-state index in [1.165, 1.54) is 12.1 Å². The molecule has 0 aliphatic carbocycles. The van der Waals surface area contributed by atoms with Crippen LogP contribution in [-0.2, 0) is 16.1 Å². The van der Waals surface area contributed by atoms with Crippen molar-refractivity contribution in [1.29, 1.82) is 0 Å². The number of carbonyl (C=O) groups is 1. The Morgan fingerprint density at radius 2 is 2.18 bits per heavy atom. The van der Waals surface area contributed by atoms with Gasteiger partial charge in [0.15, 0.2) is 11.6 Å². The molecular formula is C12H15F2NO2. The molecule has 0 heterocycles. The predicted molar refractivity (Wildman–Crippen MR) is 59.3 cm³/mol. The Hall–Kier alpha value is -1.49. The van der Waals surface area contributed by atoms with Crippen molar-refractivity contribution >= 4 is 5.97 Å². The second-order valence-corrected chi connectivity index (χ2v) is 3.44. The highest BCUT2D eigenvalue weighted by atomic mass is 19.2. The van der Waals surface area contributed by atoms with E-state index in [1.54, 1.807) is 6.92 Å². The van der Waals surface area contributed by atoms with E-state index < -0.39 is 11.6 Å². The molecule has 0 fully saturated rings. The normalized spacial score (nSPS) is 10.3. The lowest BCUT2D eigenvalue weighted by atomic mass is 10.2. The molecule has 0 unspecified atom stereocenters. The Bertz CT molecular complexity index is 383. The zero-order valence-electron chi connectivity index (χ0n) is 9.63. The van der Waals surface area contributed by atoms with Gasteiger partial charge in [0.25, 0.3) is 0 Å². The van der Waals surface area contributed by atoms with Crippen LogP contribution in [0, 0.1) is 11.6 Å². The molecule has 1 rings (SSSR count). The van der Waals surface area contributed by atoms with Crippen molar-refractivity contribution in [3.05, 3.63) is 35.4 Å². The largest absolute Gasteiger partial charge is 0.466 e. The van der Waals surface area contributed by atoms with Crippen molar-refractivity contribution < 1.29 is 18.3 Å². The summed E-state index contributed by atoms with van der Waals surface area (Å²) in [5.74, 6) is -2.02. The van der Waals surface area contributed by atoms with Crippen LogP contribution in [0.5, 0.6) is 0 Å². The Morgan fingerprint density at radius 1 is 1.41 bits per heavy atom. The number of hydrogen-bond acceptors (Lipinski definition) is 3. The van der Waals surface area contributed by atoms with Gasteiger partial charge in [-0.15, -0.1) is 0 Å². The molecule has 1 N–H and O–H groups in total. The maximum absolute atomic E-state index is 13.2. The van der Waals surface area contributed by atoms with Gasteiger partial charge in [-0.3, -0.25) is 4.79 Å². The second-order valence-electron chi connectivity index (χ2n) is 3.44. The molecular weight excluding hydrogens is 228 g/mol. The van der Waals surface area contributed by atoms with Crippen molar-refractivity contribution in [1.82, 2.24) is 5.32 Å². The molecule has 1 aromatic rings. The number of halogens is 2. The molecule has 0 radical (unpaired) electrons. The lowest BCUT2D eigenvalue weighted by molar-refractivity contribution is -0.142. The van der Waals surface area contributed by atoms with Crippen LogP contribution in [0.2, 0.25) is 0 Å². The van der Waals surface area contributed by atoms with Crippen LogP contribution < -0.4 is 5.32 Å². The fourth-order valence-electron chi connectivity index (χ4n) is 1.33. The predicted octanol–water partition coefficient (Wildman–Crippen LogP) is 2.01. The number of carbonyl (C=O) groups excluding carboxylic acids is 1.